The Kier molecular flexibility index (Phi) is 7.17. The fourth-order valence-corrected chi connectivity index (χ4v) is 8.36. The molecule has 0 atom stereocenters. The number of hydrogen-bond acceptors (Lipinski definition) is 2. The van der Waals surface area contributed by atoms with Gasteiger partial charge in [-0.3, -0.25) is 0 Å². The molecule has 11 rings (SSSR count). The Bertz CT molecular complexity index is 3190. The van der Waals surface area contributed by atoms with Crippen LogP contribution in [0.2, 0.25) is 0 Å². The van der Waals surface area contributed by atoms with E-state index in [0.29, 0.717) is 0 Å². The zero-order chi connectivity index (χ0) is 36.3. The molecule has 3 heteroatoms. The minimum Gasteiger partial charge on any atom is -0.456 e. The molecule has 0 N–H and O–H groups in total. The summed E-state index contributed by atoms with van der Waals surface area (Å²) in [6, 6.07) is 74.0. The molecular weight excluding hydrogens is 669 g/mol. The Balaban J connectivity index is 1.07. The standard InChI is InChI=1S/C52H34N2O/c1-3-13-36(14-4-1)43-19-9-11-21-48(43)53(42-28-29-50-45(34-42)44-20-10-12-22-49(44)54(50)40-17-5-2-6-18-40)41-26-23-35(24-27-41)39-25-30-51-46(32-39)47-31-37-15-7-8-16-38(37)33-52(47)55-51/h1-34H. The highest BCUT2D eigenvalue weighted by Gasteiger charge is 2.20. The molecule has 0 unspecified atom stereocenters. The van der Waals surface area contributed by atoms with E-state index >= 15 is 0 Å². The zero-order valence-corrected chi connectivity index (χ0v) is 29.9. The molecule has 9 aromatic carbocycles. The fraction of sp³-hybridized carbons (Fsp3) is 0. The monoisotopic (exact) mass is 702 g/mol. The van der Waals surface area contributed by atoms with Crippen molar-refractivity contribution in [3.63, 3.8) is 0 Å². The third kappa shape index (κ3) is 5.20. The van der Waals surface area contributed by atoms with Gasteiger partial charge in [-0.15, -0.1) is 0 Å². The van der Waals surface area contributed by atoms with Gasteiger partial charge in [-0.05, 0) is 106 Å². The second-order valence-electron chi connectivity index (χ2n) is 14.2. The predicted octanol–water partition coefficient (Wildman–Crippen LogP) is 14.6. The van der Waals surface area contributed by atoms with Gasteiger partial charge in [-0.25, -0.2) is 0 Å². The van der Waals surface area contributed by atoms with E-state index in [0.717, 1.165) is 55.8 Å². The fourth-order valence-electron chi connectivity index (χ4n) is 8.36. The van der Waals surface area contributed by atoms with E-state index in [-0.39, 0.29) is 0 Å². The summed E-state index contributed by atoms with van der Waals surface area (Å²) >= 11 is 0. The lowest BCUT2D eigenvalue weighted by molar-refractivity contribution is 0.669. The van der Waals surface area contributed by atoms with E-state index in [4.69, 9.17) is 4.42 Å². The lowest BCUT2D eigenvalue weighted by Gasteiger charge is -2.28. The van der Waals surface area contributed by atoms with Crippen LogP contribution in [0.1, 0.15) is 0 Å². The second-order valence-corrected chi connectivity index (χ2v) is 14.2. The van der Waals surface area contributed by atoms with E-state index in [1.54, 1.807) is 0 Å². The highest BCUT2D eigenvalue weighted by atomic mass is 16.3. The Morgan fingerprint density at radius 1 is 0.364 bits per heavy atom. The Labute approximate surface area is 318 Å². The van der Waals surface area contributed by atoms with Crippen LogP contribution in [0.15, 0.2) is 211 Å². The molecule has 0 spiro atoms. The summed E-state index contributed by atoms with van der Waals surface area (Å²) in [6.45, 7) is 0. The van der Waals surface area contributed by atoms with Gasteiger partial charge in [0.2, 0.25) is 0 Å². The van der Waals surface area contributed by atoms with E-state index in [1.807, 2.05) is 0 Å². The van der Waals surface area contributed by atoms with Gasteiger partial charge in [-0.1, -0.05) is 127 Å². The minimum atomic E-state index is 0.901. The minimum absolute atomic E-state index is 0.901. The van der Waals surface area contributed by atoms with Crippen molar-refractivity contribution in [1.29, 1.82) is 0 Å². The van der Waals surface area contributed by atoms with Crippen molar-refractivity contribution in [3.8, 4) is 27.9 Å². The molecule has 2 aromatic heterocycles. The summed E-state index contributed by atoms with van der Waals surface area (Å²) < 4.78 is 8.69. The van der Waals surface area contributed by atoms with Gasteiger partial charge in [-0.2, -0.15) is 0 Å². The van der Waals surface area contributed by atoms with Crippen LogP contribution in [0.3, 0.4) is 0 Å². The van der Waals surface area contributed by atoms with E-state index in [9.17, 15) is 0 Å². The van der Waals surface area contributed by atoms with Gasteiger partial charge in [0.05, 0.1) is 16.7 Å². The predicted molar refractivity (Wildman–Crippen MR) is 231 cm³/mol. The van der Waals surface area contributed by atoms with Gasteiger partial charge < -0.3 is 13.9 Å². The van der Waals surface area contributed by atoms with Gasteiger partial charge in [0, 0.05) is 44.2 Å². The molecular formula is C52H34N2O. The molecule has 0 saturated heterocycles. The van der Waals surface area contributed by atoms with Crippen molar-refractivity contribution in [2.24, 2.45) is 0 Å². The number of para-hydroxylation sites is 3. The van der Waals surface area contributed by atoms with E-state index < -0.39 is 0 Å². The van der Waals surface area contributed by atoms with Crippen LogP contribution in [-0.2, 0) is 0 Å². The van der Waals surface area contributed by atoms with Crippen LogP contribution in [0.25, 0.3) is 82.5 Å². The van der Waals surface area contributed by atoms with Crippen LogP contribution < -0.4 is 4.90 Å². The number of rotatable bonds is 6. The topological polar surface area (TPSA) is 21.3 Å². The van der Waals surface area contributed by atoms with Crippen molar-refractivity contribution in [1.82, 2.24) is 4.57 Å². The molecule has 0 aliphatic rings. The van der Waals surface area contributed by atoms with Crippen LogP contribution in [0.5, 0.6) is 0 Å². The first-order chi connectivity index (χ1) is 27.3. The molecule has 0 bridgehead atoms. The Hall–Kier alpha value is -7.36. The molecule has 11 aromatic rings. The highest BCUT2D eigenvalue weighted by Crippen LogP contribution is 2.44. The third-order valence-corrected chi connectivity index (χ3v) is 11.0. The van der Waals surface area contributed by atoms with Crippen molar-refractivity contribution in [2.75, 3.05) is 4.90 Å². The molecule has 0 aliphatic carbocycles. The summed E-state index contributed by atoms with van der Waals surface area (Å²) in [5.74, 6) is 0. The number of hydrogen-bond donors (Lipinski definition) is 0. The molecule has 2 heterocycles. The molecule has 55 heavy (non-hydrogen) atoms. The largest absolute Gasteiger partial charge is 0.456 e. The van der Waals surface area contributed by atoms with Gasteiger partial charge >= 0.3 is 0 Å². The van der Waals surface area contributed by atoms with Crippen LogP contribution in [0, 0.1) is 0 Å². The Morgan fingerprint density at radius 2 is 1.00 bits per heavy atom. The highest BCUT2D eigenvalue weighted by molar-refractivity contribution is 6.12. The first-order valence-electron chi connectivity index (χ1n) is 18.8. The molecule has 258 valence electrons. The van der Waals surface area contributed by atoms with Gasteiger partial charge in [0.25, 0.3) is 0 Å². The van der Waals surface area contributed by atoms with Gasteiger partial charge in [0.15, 0.2) is 0 Å². The van der Waals surface area contributed by atoms with Crippen molar-refractivity contribution in [2.45, 2.75) is 0 Å². The third-order valence-electron chi connectivity index (χ3n) is 11.0. The van der Waals surface area contributed by atoms with Crippen LogP contribution >= 0.6 is 0 Å². The number of anilines is 3. The maximum atomic E-state index is 6.32. The number of fused-ring (bicyclic) bond motifs is 7. The molecule has 0 aliphatic heterocycles. The number of aromatic nitrogens is 1. The zero-order valence-electron chi connectivity index (χ0n) is 29.9. The maximum Gasteiger partial charge on any atom is 0.136 e. The average Bonchev–Trinajstić information content (AvgIpc) is 3.78. The summed E-state index contributed by atoms with van der Waals surface area (Å²) in [6.07, 6.45) is 0. The molecule has 3 nitrogen and oxygen atoms in total. The molecule has 0 fully saturated rings. The second kappa shape index (κ2) is 12.6. The summed E-state index contributed by atoms with van der Waals surface area (Å²) in [5.41, 5.74) is 13.3. The van der Waals surface area contributed by atoms with Crippen LogP contribution in [0.4, 0.5) is 17.1 Å². The Morgan fingerprint density at radius 3 is 1.84 bits per heavy atom. The lowest BCUT2D eigenvalue weighted by atomic mass is 10.00. The lowest BCUT2D eigenvalue weighted by Crippen LogP contribution is -2.11. The quantitative estimate of drug-likeness (QED) is 0.172. The number of furan rings is 1. The SMILES string of the molecule is c1ccc(-c2ccccc2N(c2ccc(-c3ccc4oc5cc6ccccc6cc5c4c3)cc2)c2ccc3c(c2)c2ccccc2n3-c2ccccc2)cc1. The summed E-state index contributed by atoms with van der Waals surface area (Å²) in [5, 5.41) is 7.10. The average molecular weight is 703 g/mol. The first-order valence-corrected chi connectivity index (χ1v) is 18.8. The van der Waals surface area contributed by atoms with Gasteiger partial charge in [0.1, 0.15) is 11.2 Å². The van der Waals surface area contributed by atoms with E-state index in [1.165, 1.54) is 43.7 Å². The molecule has 0 saturated carbocycles. The molecule has 0 amide bonds. The summed E-state index contributed by atoms with van der Waals surface area (Å²) in [4.78, 5) is 2.40. The normalized spacial score (nSPS) is 11.6. The van der Waals surface area contributed by atoms with E-state index in [2.05, 4.69) is 216 Å². The van der Waals surface area contributed by atoms with Crippen molar-refractivity contribution in [3.05, 3.63) is 206 Å². The smallest absolute Gasteiger partial charge is 0.136 e. The number of benzene rings is 9. The van der Waals surface area contributed by atoms with Crippen molar-refractivity contribution < 1.29 is 4.42 Å². The molecule has 0 radical (unpaired) electrons. The van der Waals surface area contributed by atoms with Crippen molar-refractivity contribution >= 4 is 71.6 Å². The maximum absolute atomic E-state index is 6.32. The van der Waals surface area contributed by atoms with Crippen LogP contribution in [-0.4, -0.2) is 4.57 Å². The first kappa shape index (κ1) is 31.2. The summed E-state index contributed by atoms with van der Waals surface area (Å²) in [7, 11) is 0. The number of nitrogens with zero attached hydrogens (tertiary/aromatic N) is 2.